The lowest BCUT2D eigenvalue weighted by Gasteiger charge is -2.16. The maximum atomic E-state index is 5.47. The van der Waals surface area contributed by atoms with Gasteiger partial charge in [-0.15, -0.1) is 0 Å². The molecule has 0 amide bonds. The molecule has 17 heavy (non-hydrogen) atoms. The second-order valence-corrected chi connectivity index (χ2v) is 4.78. The summed E-state index contributed by atoms with van der Waals surface area (Å²) in [5.41, 5.74) is 4.23. The zero-order valence-corrected chi connectivity index (χ0v) is 10.6. The normalized spacial score (nSPS) is 14.9. The van der Waals surface area contributed by atoms with E-state index in [9.17, 15) is 0 Å². The molecule has 0 spiro atoms. The molecule has 1 aromatic carbocycles. The third kappa shape index (κ3) is 1.54. The van der Waals surface area contributed by atoms with Crippen molar-refractivity contribution < 1.29 is 4.74 Å². The minimum Gasteiger partial charge on any atom is -0.496 e. The molecule has 1 aromatic heterocycles. The molecule has 90 valence electrons. The molecular weight excluding hydrogens is 210 g/mol. The topological polar surface area (TPSA) is 14.2 Å². The Hall–Kier alpha value is -1.44. The van der Waals surface area contributed by atoms with Crippen molar-refractivity contribution in [1.29, 1.82) is 0 Å². The van der Waals surface area contributed by atoms with Crippen LogP contribution in [0.2, 0.25) is 0 Å². The van der Waals surface area contributed by atoms with Crippen LogP contribution in [0.4, 0.5) is 0 Å². The first kappa shape index (κ1) is 10.7. The van der Waals surface area contributed by atoms with Crippen molar-refractivity contribution in [3.63, 3.8) is 0 Å². The Labute approximate surface area is 102 Å². The highest BCUT2D eigenvalue weighted by Gasteiger charge is 2.16. The minimum atomic E-state index is 1.03. The van der Waals surface area contributed by atoms with Crippen molar-refractivity contribution in [2.45, 2.75) is 39.2 Å². The molecule has 2 heterocycles. The van der Waals surface area contributed by atoms with Crippen LogP contribution >= 0.6 is 0 Å². The Bertz CT molecular complexity index is 554. The van der Waals surface area contributed by atoms with E-state index in [1.807, 2.05) is 0 Å². The van der Waals surface area contributed by atoms with Gasteiger partial charge in [-0.05, 0) is 43.9 Å². The lowest BCUT2D eigenvalue weighted by molar-refractivity contribution is 0.411. The maximum absolute atomic E-state index is 5.47. The zero-order chi connectivity index (χ0) is 11.8. The van der Waals surface area contributed by atoms with Crippen molar-refractivity contribution in [2.75, 3.05) is 7.11 Å². The summed E-state index contributed by atoms with van der Waals surface area (Å²) in [4.78, 5) is 0. The standard InChI is InChI=1S/C15H19NO/c1-3-12-13-10-11-6-4-5-9-16(11)14(13)7-8-15(12)17-2/h7-8,10H,3-6,9H2,1-2H3. The van der Waals surface area contributed by atoms with Crippen LogP contribution in [0.25, 0.3) is 10.9 Å². The molecule has 0 unspecified atom stereocenters. The van der Waals surface area contributed by atoms with Crippen LogP contribution in [-0.2, 0) is 19.4 Å². The number of benzene rings is 1. The molecule has 0 saturated carbocycles. The average molecular weight is 229 g/mol. The van der Waals surface area contributed by atoms with E-state index in [4.69, 9.17) is 4.74 Å². The molecule has 0 atom stereocenters. The van der Waals surface area contributed by atoms with E-state index >= 15 is 0 Å². The molecule has 0 bridgehead atoms. The van der Waals surface area contributed by atoms with E-state index < -0.39 is 0 Å². The van der Waals surface area contributed by atoms with Crippen LogP contribution in [0.5, 0.6) is 5.75 Å². The first-order valence-electron chi connectivity index (χ1n) is 6.53. The van der Waals surface area contributed by atoms with Gasteiger partial charge in [-0.3, -0.25) is 0 Å². The Morgan fingerprint density at radius 3 is 2.94 bits per heavy atom. The van der Waals surface area contributed by atoms with Crippen molar-refractivity contribution in [1.82, 2.24) is 4.57 Å². The van der Waals surface area contributed by atoms with Gasteiger partial charge in [0.05, 0.1) is 7.11 Å². The van der Waals surface area contributed by atoms with E-state index in [-0.39, 0.29) is 0 Å². The predicted octanol–water partition coefficient (Wildman–Crippen LogP) is 3.55. The maximum Gasteiger partial charge on any atom is 0.122 e. The monoisotopic (exact) mass is 229 g/mol. The van der Waals surface area contributed by atoms with Crippen molar-refractivity contribution in [2.24, 2.45) is 0 Å². The van der Waals surface area contributed by atoms with Crippen LogP contribution in [0.3, 0.4) is 0 Å². The molecule has 0 saturated heterocycles. The molecule has 0 radical (unpaired) electrons. The lowest BCUT2D eigenvalue weighted by Crippen LogP contribution is -2.08. The Kier molecular flexibility index (Phi) is 2.58. The minimum absolute atomic E-state index is 1.03. The van der Waals surface area contributed by atoms with Crippen LogP contribution in [0.15, 0.2) is 18.2 Å². The van der Waals surface area contributed by atoms with Gasteiger partial charge in [0.15, 0.2) is 0 Å². The van der Waals surface area contributed by atoms with E-state index in [1.54, 1.807) is 7.11 Å². The van der Waals surface area contributed by atoms with Gasteiger partial charge in [0.1, 0.15) is 5.75 Å². The van der Waals surface area contributed by atoms with Crippen LogP contribution < -0.4 is 4.74 Å². The number of aryl methyl sites for hydroxylation is 3. The number of methoxy groups -OCH3 is 1. The number of fused-ring (bicyclic) bond motifs is 3. The molecule has 3 rings (SSSR count). The molecule has 2 aromatic rings. The fraction of sp³-hybridized carbons (Fsp3) is 0.467. The summed E-state index contributed by atoms with van der Waals surface area (Å²) in [6.07, 6.45) is 4.89. The highest BCUT2D eigenvalue weighted by Crippen LogP contribution is 2.33. The highest BCUT2D eigenvalue weighted by molar-refractivity contribution is 5.87. The smallest absolute Gasteiger partial charge is 0.122 e. The molecule has 2 nitrogen and oxygen atoms in total. The van der Waals surface area contributed by atoms with Gasteiger partial charge in [0, 0.05) is 28.7 Å². The van der Waals surface area contributed by atoms with Gasteiger partial charge in [-0.2, -0.15) is 0 Å². The molecular formula is C15H19NO. The predicted molar refractivity (Wildman–Crippen MR) is 70.8 cm³/mol. The summed E-state index contributed by atoms with van der Waals surface area (Å²) in [6, 6.07) is 6.70. The van der Waals surface area contributed by atoms with Crippen LogP contribution in [0.1, 0.15) is 31.0 Å². The first-order valence-corrected chi connectivity index (χ1v) is 6.53. The molecule has 2 heteroatoms. The number of aromatic nitrogens is 1. The van der Waals surface area contributed by atoms with E-state index in [0.717, 1.165) is 12.2 Å². The van der Waals surface area contributed by atoms with Gasteiger partial charge in [0.2, 0.25) is 0 Å². The van der Waals surface area contributed by atoms with Crippen LogP contribution in [0, 0.1) is 0 Å². The average Bonchev–Trinajstić information content (AvgIpc) is 2.75. The zero-order valence-electron chi connectivity index (χ0n) is 10.6. The first-order chi connectivity index (χ1) is 8.35. The van der Waals surface area contributed by atoms with E-state index in [2.05, 4.69) is 29.7 Å². The third-order valence-electron chi connectivity index (χ3n) is 3.88. The van der Waals surface area contributed by atoms with Crippen molar-refractivity contribution in [3.8, 4) is 5.75 Å². The number of nitrogens with zero attached hydrogens (tertiary/aromatic N) is 1. The van der Waals surface area contributed by atoms with Gasteiger partial charge in [0.25, 0.3) is 0 Å². The third-order valence-corrected chi connectivity index (χ3v) is 3.88. The second kappa shape index (κ2) is 4.10. The van der Waals surface area contributed by atoms with Gasteiger partial charge >= 0.3 is 0 Å². The fourth-order valence-corrected chi connectivity index (χ4v) is 3.03. The summed E-state index contributed by atoms with van der Waals surface area (Å²) in [5.74, 6) is 1.03. The summed E-state index contributed by atoms with van der Waals surface area (Å²) < 4.78 is 7.95. The van der Waals surface area contributed by atoms with Gasteiger partial charge < -0.3 is 9.30 Å². The summed E-state index contributed by atoms with van der Waals surface area (Å²) >= 11 is 0. The number of rotatable bonds is 2. The highest BCUT2D eigenvalue weighted by atomic mass is 16.5. The van der Waals surface area contributed by atoms with Crippen LogP contribution in [-0.4, -0.2) is 11.7 Å². The van der Waals surface area contributed by atoms with Crippen molar-refractivity contribution >= 4 is 10.9 Å². The summed E-state index contributed by atoms with van der Waals surface area (Å²) in [5, 5.41) is 1.39. The Balaban J connectivity index is 2.29. The lowest BCUT2D eigenvalue weighted by atomic mass is 10.1. The molecule has 0 fully saturated rings. The van der Waals surface area contributed by atoms with Gasteiger partial charge in [-0.1, -0.05) is 6.92 Å². The van der Waals surface area contributed by atoms with Gasteiger partial charge in [-0.25, -0.2) is 0 Å². The van der Waals surface area contributed by atoms with E-state index in [0.29, 0.717) is 0 Å². The molecule has 1 aliphatic heterocycles. The van der Waals surface area contributed by atoms with Crippen molar-refractivity contribution in [3.05, 3.63) is 29.5 Å². The SMILES string of the molecule is CCc1c(OC)ccc2c1cc1n2CCCC1. The fourth-order valence-electron chi connectivity index (χ4n) is 3.03. The molecule has 0 N–H and O–H groups in total. The summed E-state index contributed by atoms with van der Waals surface area (Å²) in [7, 11) is 1.76. The van der Waals surface area contributed by atoms with E-state index in [1.165, 1.54) is 48.0 Å². The number of hydrogen-bond acceptors (Lipinski definition) is 1. The Morgan fingerprint density at radius 2 is 2.18 bits per heavy atom. The molecule has 1 aliphatic rings. The second-order valence-electron chi connectivity index (χ2n) is 4.78. The quantitative estimate of drug-likeness (QED) is 0.768. The Morgan fingerprint density at radius 1 is 1.29 bits per heavy atom. The number of ether oxygens (including phenoxy) is 1. The molecule has 0 aliphatic carbocycles. The summed E-state index contributed by atoms with van der Waals surface area (Å²) in [6.45, 7) is 3.38. The number of hydrogen-bond donors (Lipinski definition) is 0. The largest absolute Gasteiger partial charge is 0.496 e.